The van der Waals surface area contributed by atoms with Gasteiger partial charge in [-0.1, -0.05) is 54.1 Å². The monoisotopic (exact) mass is 247 g/mol. The lowest BCUT2D eigenvalue weighted by molar-refractivity contribution is -0.137. The zero-order valence-corrected chi connectivity index (χ0v) is 9.61. The van der Waals surface area contributed by atoms with Gasteiger partial charge < -0.3 is 0 Å². The zero-order chi connectivity index (χ0) is 13.0. The van der Waals surface area contributed by atoms with Crippen LogP contribution in [0.4, 0.5) is 13.2 Å². The van der Waals surface area contributed by atoms with E-state index in [1.54, 1.807) is 13.3 Å². The lowest BCUT2D eigenvalue weighted by Gasteiger charge is -2.18. The highest BCUT2D eigenvalue weighted by Gasteiger charge is 2.29. The predicted molar refractivity (Wildman–Crippen MR) is 67.0 cm³/mol. The minimum atomic E-state index is -4.28. The van der Waals surface area contributed by atoms with Gasteiger partial charge in [0.15, 0.2) is 0 Å². The summed E-state index contributed by atoms with van der Waals surface area (Å²) in [6, 6.07) is 15.0. The Morgan fingerprint density at radius 3 is 2.28 bits per heavy atom. The van der Waals surface area contributed by atoms with Crippen molar-refractivity contribution < 1.29 is 13.2 Å². The Morgan fingerprint density at radius 2 is 1.61 bits per heavy atom. The number of benzene rings is 2. The first-order valence-electron chi connectivity index (χ1n) is 5.60. The average Bonchev–Trinajstić information content (AvgIpc) is 2.37. The summed E-state index contributed by atoms with van der Waals surface area (Å²) in [7, 11) is 1.80. The Bertz CT molecular complexity index is 506. The molecule has 0 aliphatic carbocycles. The van der Waals surface area contributed by atoms with Gasteiger partial charge >= 0.3 is 6.18 Å². The molecule has 0 aliphatic heterocycles. The van der Waals surface area contributed by atoms with E-state index in [0.29, 0.717) is 11.8 Å². The van der Waals surface area contributed by atoms with Crippen LogP contribution in [0.15, 0.2) is 54.6 Å². The van der Waals surface area contributed by atoms with Gasteiger partial charge in [0.1, 0.15) is 0 Å². The zero-order valence-electron chi connectivity index (χ0n) is 9.61. The summed E-state index contributed by atoms with van der Waals surface area (Å²) in [6.07, 6.45) is -3.65. The van der Waals surface area contributed by atoms with E-state index in [4.69, 9.17) is 0 Å². The average molecular weight is 247 g/mol. The van der Waals surface area contributed by atoms with Gasteiger partial charge in [-0.25, -0.2) is 6.32 Å². The van der Waals surface area contributed by atoms with Gasteiger partial charge in [0.2, 0.25) is 0 Å². The molecule has 0 amide bonds. The van der Waals surface area contributed by atoms with Crippen molar-refractivity contribution in [2.75, 3.05) is 0 Å². The quantitative estimate of drug-likeness (QED) is 0.730. The van der Waals surface area contributed by atoms with Gasteiger partial charge in [-0.2, -0.15) is 13.2 Å². The van der Waals surface area contributed by atoms with E-state index in [1.807, 2.05) is 30.3 Å². The van der Waals surface area contributed by atoms with Crippen LogP contribution in [0.3, 0.4) is 0 Å². The Labute approximate surface area is 105 Å². The molecule has 0 aromatic heterocycles. The maximum Gasteiger partial charge on any atom is 0.416 e. The Kier molecular flexibility index (Phi) is 3.75. The fraction of sp³-hybridized carbons (Fsp3) is 0.143. The van der Waals surface area contributed by atoms with E-state index in [0.717, 1.165) is 11.6 Å². The number of halogens is 3. The van der Waals surface area contributed by atoms with Gasteiger partial charge in [-0.3, -0.25) is 12.7 Å². The van der Waals surface area contributed by atoms with Crippen LogP contribution in [0.1, 0.15) is 11.1 Å². The highest BCUT2D eigenvalue weighted by molar-refractivity contribution is 6.52. The topological polar surface area (TPSA) is 0 Å². The number of alkyl halides is 3. The molecule has 0 saturated heterocycles. The van der Waals surface area contributed by atoms with Gasteiger partial charge in [-0.05, 0) is 0 Å². The molecule has 4 heteroatoms. The van der Waals surface area contributed by atoms with Crippen LogP contribution in [0.25, 0.3) is 0 Å². The molecule has 0 spiro atoms. The SMILES string of the molecule is FC(F)(F)c1cccc([B-]Cc2ccccc2)c1. The minimum Gasteiger partial charge on any atom is -0.291 e. The molecular weight excluding hydrogens is 236 g/mol. The Balaban J connectivity index is 2.06. The maximum absolute atomic E-state index is 12.5. The molecule has 0 fully saturated rings. The number of hydrogen-bond donors (Lipinski definition) is 0. The van der Waals surface area contributed by atoms with E-state index in [-0.39, 0.29) is 0 Å². The molecule has 0 heterocycles. The van der Waals surface area contributed by atoms with Crippen molar-refractivity contribution in [3.8, 4) is 0 Å². The van der Waals surface area contributed by atoms with Crippen LogP contribution in [0.5, 0.6) is 0 Å². The lowest BCUT2D eigenvalue weighted by atomic mass is 9.65. The Hall–Kier alpha value is -1.71. The summed E-state index contributed by atoms with van der Waals surface area (Å²) >= 11 is 0. The summed E-state index contributed by atoms with van der Waals surface area (Å²) in [5.74, 6) is 0. The molecule has 18 heavy (non-hydrogen) atoms. The van der Waals surface area contributed by atoms with E-state index in [9.17, 15) is 13.2 Å². The largest absolute Gasteiger partial charge is 0.416 e. The predicted octanol–water partition coefficient (Wildman–Crippen LogP) is 3.24. The second-order valence-corrected chi connectivity index (χ2v) is 4.02. The molecule has 0 N–H and O–H groups in total. The normalized spacial score (nSPS) is 11.5. The first-order chi connectivity index (χ1) is 8.55. The smallest absolute Gasteiger partial charge is 0.291 e. The van der Waals surface area contributed by atoms with Crippen LogP contribution < -0.4 is 5.46 Å². The fourth-order valence-corrected chi connectivity index (χ4v) is 1.69. The second kappa shape index (κ2) is 5.30. The second-order valence-electron chi connectivity index (χ2n) is 4.02. The van der Waals surface area contributed by atoms with Gasteiger partial charge in [-0.15, -0.1) is 6.07 Å². The molecule has 0 nitrogen and oxygen atoms in total. The third-order valence-corrected chi connectivity index (χ3v) is 2.63. The van der Waals surface area contributed by atoms with Crippen LogP contribution in [-0.2, 0) is 12.5 Å². The van der Waals surface area contributed by atoms with Crippen LogP contribution in [0.2, 0.25) is 0 Å². The van der Waals surface area contributed by atoms with Crippen LogP contribution in [-0.4, -0.2) is 7.28 Å². The van der Waals surface area contributed by atoms with Crippen LogP contribution in [0, 0.1) is 0 Å². The van der Waals surface area contributed by atoms with E-state index in [1.165, 1.54) is 12.1 Å². The van der Waals surface area contributed by atoms with Gasteiger partial charge in [0, 0.05) is 0 Å². The molecule has 2 aromatic carbocycles. The summed E-state index contributed by atoms with van der Waals surface area (Å²) in [6.45, 7) is 0. The summed E-state index contributed by atoms with van der Waals surface area (Å²) in [5, 5.41) is 0. The third-order valence-electron chi connectivity index (χ3n) is 2.63. The van der Waals surface area contributed by atoms with Crippen LogP contribution >= 0.6 is 0 Å². The molecule has 2 aromatic rings. The standard InChI is InChI=1S/C14H11BF3/c16-14(17,18)12-7-4-8-13(9-12)15-10-11-5-2-1-3-6-11/h1-9H,10H2/q-1. The lowest BCUT2D eigenvalue weighted by Crippen LogP contribution is -2.19. The summed E-state index contributed by atoms with van der Waals surface area (Å²) in [5.41, 5.74) is 1.06. The molecule has 92 valence electrons. The number of rotatable bonds is 3. The van der Waals surface area contributed by atoms with Crippen molar-refractivity contribution in [2.45, 2.75) is 12.5 Å². The third kappa shape index (κ3) is 3.39. The van der Waals surface area contributed by atoms with Gasteiger partial charge in [0.25, 0.3) is 0 Å². The highest BCUT2D eigenvalue weighted by Crippen LogP contribution is 2.27. The van der Waals surface area contributed by atoms with Gasteiger partial charge in [0.05, 0.1) is 5.56 Å². The molecule has 0 atom stereocenters. The van der Waals surface area contributed by atoms with Crippen molar-refractivity contribution in [2.24, 2.45) is 0 Å². The molecule has 0 unspecified atom stereocenters. The fourth-order valence-electron chi connectivity index (χ4n) is 1.69. The maximum atomic E-state index is 12.5. The van der Waals surface area contributed by atoms with Crippen molar-refractivity contribution >= 4 is 12.7 Å². The summed E-state index contributed by atoms with van der Waals surface area (Å²) < 4.78 is 37.6. The van der Waals surface area contributed by atoms with Crippen molar-refractivity contribution in [1.29, 1.82) is 0 Å². The van der Waals surface area contributed by atoms with E-state index in [2.05, 4.69) is 0 Å². The van der Waals surface area contributed by atoms with E-state index < -0.39 is 11.7 Å². The molecule has 0 bridgehead atoms. The molecule has 0 aliphatic rings. The first-order valence-corrected chi connectivity index (χ1v) is 5.60. The molecular formula is C14H11BF3-. The van der Waals surface area contributed by atoms with Crippen molar-refractivity contribution in [3.05, 3.63) is 65.7 Å². The number of hydrogen-bond acceptors (Lipinski definition) is 0. The van der Waals surface area contributed by atoms with E-state index >= 15 is 0 Å². The highest BCUT2D eigenvalue weighted by atomic mass is 19.4. The molecule has 0 saturated carbocycles. The first kappa shape index (κ1) is 12.7. The minimum absolute atomic E-state index is 0.591. The Morgan fingerprint density at radius 1 is 0.889 bits per heavy atom. The summed E-state index contributed by atoms with van der Waals surface area (Å²) in [4.78, 5) is 0. The van der Waals surface area contributed by atoms with Crippen molar-refractivity contribution in [1.82, 2.24) is 0 Å². The van der Waals surface area contributed by atoms with Crippen molar-refractivity contribution in [3.63, 3.8) is 0 Å². The molecule has 2 radical (unpaired) electrons. The molecule has 2 rings (SSSR count).